The van der Waals surface area contributed by atoms with Crippen LogP contribution in [0.3, 0.4) is 0 Å². The van der Waals surface area contributed by atoms with Crippen LogP contribution in [0.2, 0.25) is 0 Å². The zero-order valence-electron chi connectivity index (χ0n) is 16.1. The Balaban J connectivity index is 1.99. The van der Waals surface area contributed by atoms with Crippen molar-refractivity contribution in [3.8, 4) is 0 Å². The van der Waals surface area contributed by atoms with E-state index in [9.17, 15) is 18.3 Å². The average molecular weight is 392 g/mol. The van der Waals surface area contributed by atoms with Gasteiger partial charge in [-0.05, 0) is 50.9 Å². The Morgan fingerprint density at radius 2 is 1.88 bits per heavy atom. The van der Waals surface area contributed by atoms with Crippen molar-refractivity contribution in [2.45, 2.75) is 77.1 Å². The Hall–Kier alpha value is -0.900. The van der Waals surface area contributed by atoms with Crippen molar-refractivity contribution in [1.82, 2.24) is 14.3 Å². The van der Waals surface area contributed by atoms with Crippen LogP contribution in [0.15, 0.2) is 0 Å². The van der Waals surface area contributed by atoms with Gasteiger partial charge in [0.25, 0.3) is 10.2 Å². The molecule has 3 N–H and O–H groups in total. The van der Waals surface area contributed by atoms with E-state index in [1.165, 1.54) is 11.9 Å². The minimum atomic E-state index is -3.64. The summed E-state index contributed by atoms with van der Waals surface area (Å²) in [5.41, 5.74) is 0. The largest absolute Gasteiger partial charge is 0.465 e. The van der Waals surface area contributed by atoms with Gasteiger partial charge >= 0.3 is 6.09 Å². The van der Waals surface area contributed by atoms with Crippen LogP contribution in [0.25, 0.3) is 0 Å². The van der Waals surface area contributed by atoms with Gasteiger partial charge in [0.05, 0.1) is 18.8 Å². The standard InChI is InChI=1S/C17H33N3O5S/c1-11(2)13-5-7-14(8-6-13)25-10-16-15(19-26(23,24)18-4)9-12(3)20(16)17(21)22/h11-16,18-19H,5-10H2,1-4H3,(H,21,22)/t12-,13?,14?,15+,16+/m1/s1. The maximum Gasteiger partial charge on any atom is 0.407 e. The van der Waals surface area contributed by atoms with Crippen molar-refractivity contribution in [2.24, 2.45) is 11.8 Å². The number of nitrogens with one attached hydrogen (secondary N) is 2. The van der Waals surface area contributed by atoms with Crippen molar-refractivity contribution in [1.29, 1.82) is 0 Å². The zero-order chi connectivity index (χ0) is 19.5. The molecule has 1 saturated heterocycles. The fourth-order valence-corrected chi connectivity index (χ4v) is 5.00. The van der Waals surface area contributed by atoms with E-state index < -0.39 is 28.4 Å². The summed E-state index contributed by atoms with van der Waals surface area (Å²) in [6, 6.07) is -1.28. The van der Waals surface area contributed by atoms with Crippen LogP contribution in [-0.2, 0) is 14.9 Å². The van der Waals surface area contributed by atoms with Crippen LogP contribution in [0.5, 0.6) is 0 Å². The molecule has 0 aromatic rings. The molecule has 1 aliphatic carbocycles. The highest BCUT2D eigenvalue weighted by Crippen LogP contribution is 2.32. The van der Waals surface area contributed by atoms with Gasteiger partial charge in [-0.2, -0.15) is 13.1 Å². The molecule has 8 nitrogen and oxygen atoms in total. The van der Waals surface area contributed by atoms with Crippen LogP contribution in [0.1, 0.15) is 52.9 Å². The quantitative estimate of drug-likeness (QED) is 0.613. The highest BCUT2D eigenvalue weighted by Gasteiger charge is 2.44. The van der Waals surface area contributed by atoms with E-state index >= 15 is 0 Å². The minimum absolute atomic E-state index is 0.123. The molecule has 0 spiro atoms. The summed E-state index contributed by atoms with van der Waals surface area (Å²) in [6.45, 7) is 6.50. The maximum atomic E-state index is 11.9. The van der Waals surface area contributed by atoms with Crippen LogP contribution in [0, 0.1) is 11.8 Å². The topological polar surface area (TPSA) is 108 Å². The number of nitrogens with zero attached hydrogens (tertiary/aromatic N) is 1. The summed E-state index contributed by atoms with van der Waals surface area (Å²) < 4.78 is 34.5. The SMILES string of the molecule is CNS(=O)(=O)N[C@H]1C[C@@H](C)N(C(=O)O)[C@H]1COC1CCC(C(C)C)CC1. The molecular weight excluding hydrogens is 358 g/mol. The van der Waals surface area contributed by atoms with Crippen molar-refractivity contribution < 1.29 is 23.1 Å². The third-order valence-electron chi connectivity index (χ3n) is 5.85. The van der Waals surface area contributed by atoms with E-state index in [-0.39, 0.29) is 18.8 Å². The molecule has 0 bridgehead atoms. The molecule has 0 aromatic carbocycles. The highest BCUT2D eigenvalue weighted by atomic mass is 32.2. The first-order valence-corrected chi connectivity index (χ1v) is 11.0. The normalized spacial score (nSPS) is 33.0. The molecule has 152 valence electrons. The van der Waals surface area contributed by atoms with Gasteiger partial charge < -0.3 is 9.84 Å². The Bertz CT molecular complexity index is 575. The molecule has 3 atom stereocenters. The molecular formula is C17H33N3O5S. The third-order valence-corrected chi connectivity index (χ3v) is 7.00. The number of hydrogen-bond donors (Lipinski definition) is 3. The number of carboxylic acid groups (broad SMARTS) is 1. The van der Waals surface area contributed by atoms with E-state index in [0.717, 1.165) is 31.6 Å². The van der Waals surface area contributed by atoms with Crippen LogP contribution in [-0.4, -0.2) is 62.4 Å². The van der Waals surface area contributed by atoms with E-state index in [0.29, 0.717) is 12.3 Å². The predicted octanol–water partition coefficient (Wildman–Crippen LogP) is 1.78. The van der Waals surface area contributed by atoms with Crippen LogP contribution in [0.4, 0.5) is 4.79 Å². The van der Waals surface area contributed by atoms with E-state index in [2.05, 4.69) is 23.3 Å². The maximum absolute atomic E-state index is 11.9. The molecule has 0 aromatic heterocycles. The summed E-state index contributed by atoms with van der Waals surface area (Å²) in [7, 11) is -2.32. The fraction of sp³-hybridized carbons (Fsp3) is 0.941. The van der Waals surface area contributed by atoms with Gasteiger partial charge in [0, 0.05) is 19.1 Å². The molecule has 2 rings (SSSR count). The number of hydrogen-bond acceptors (Lipinski definition) is 4. The number of amides is 1. The van der Waals surface area contributed by atoms with Gasteiger partial charge in [0.1, 0.15) is 0 Å². The van der Waals surface area contributed by atoms with Crippen molar-refractivity contribution in [3.05, 3.63) is 0 Å². The lowest BCUT2D eigenvalue weighted by Crippen LogP contribution is -2.51. The highest BCUT2D eigenvalue weighted by molar-refractivity contribution is 7.87. The average Bonchev–Trinajstić information content (AvgIpc) is 2.87. The molecule has 0 radical (unpaired) electrons. The second-order valence-electron chi connectivity index (χ2n) is 7.89. The summed E-state index contributed by atoms with van der Waals surface area (Å²) in [6.07, 6.45) is 3.72. The lowest BCUT2D eigenvalue weighted by Gasteiger charge is -2.33. The second-order valence-corrected chi connectivity index (χ2v) is 9.54. The third kappa shape index (κ3) is 5.31. The molecule has 0 unspecified atom stereocenters. The summed E-state index contributed by atoms with van der Waals surface area (Å²) in [4.78, 5) is 13.0. The van der Waals surface area contributed by atoms with Gasteiger partial charge in [0.15, 0.2) is 0 Å². The zero-order valence-corrected chi connectivity index (χ0v) is 17.0. The lowest BCUT2D eigenvalue weighted by molar-refractivity contribution is -0.0147. The number of likely N-dealkylation sites (tertiary alicyclic amines) is 1. The molecule has 1 heterocycles. The summed E-state index contributed by atoms with van der Waals surface area (Å²) in [5.74, 6) is 1.40. The Morgan fingerprint density at radius 3 is 2.38 bits per heavy atom. The molecule has 1 saturated carbocycles. The van der Waals surface area contributed by atoms with Crippen LogP contribution >= 0.6 is 0 Å². The lowest BCUT2D eigenvalue weighted by atomic mass is 9.80. The first-order chi connectivity index (χ1) is 12.1. The fourth-order valence-electron chi connectivity index (χ4n) is 4.23. The Labute approximate surface area is 156 Å². The Morgan fingerprint density at radius 1 is 1.27 bits per heavy atom. The summed E-state index contributed by atoms with van der Waals surface area (Å²) in [5, 5.41) is 9.54. The summed E-state index contributed by atoms with van der Waals surface area (Å²) >= 11 is 0. The van der Waals surface area contributed by atoms with Crippen LogP contribution < -0.4 is 9.44 Å². The monoisotopic (exact) mass is 391 g/mol. The first kappa shape index (κ1) is 21.4. The Kier molecular flexibility index (Phi) is 7.29. The minimum Gasteiger partial charge on any atom is -0.465 e. The van der Waals surface area contributed by atoms with Gasteiger partial charge in [-0.15, -0.1) is 0 Å². The molecule has 2 fully saturated rings. The van der Waals surface area contributed by atoms with E-state index in [1.807, 2.05) is 0 Å². The number of rotatable bonds is 7. The van der Waals surface area contributed by atoms with Crippen molar-refractivity contribution in [3.63, 3.8) is 0 Å². The second kappa shape index (κ2) is 8.86. The predicted molar refractivity (Wildman–Crippen MR) is 99.2 cm³/mol. The molecule has 9 heteroatoms. The smallest absolute Gasteiger partial charge is 0.407 e. The van der Waals surface area contributed by atoms with Gasteiger partial charge in [-0.3, -0.25) is 4.90 Å². The van der Waals surface area contributed by atoms with Gasteiger partial charge in [0.2, 0.25) is 0 Å². The molecule has 1 aliphatic heterocycles. The van der Waals surface area contributed by atoms with Gasteiger partial charge in [-0.1, -0.05) is 13.8 Å². The van der Waals surface area contributed by atoms with E-state index in [4.69, 9.17) is 4.74 Å². The first-order valence-electron chi connectivity index (χ1n) is 9.48. The molecule has 26 heavy (non-hydrogen) atoms. The molecule has 1 amide bonds. The van der Waals surface area contributed by atoms with Gasteiger partial charge in [-0.25, -0.2) is 9.52 Å². The number of ether oxygens (including phenoxy) is 1. The molecule has 2 aliphatic rings. The van der Waals surface area contributed by atoms with Crippen molar-refractivity contribution in [2.75, 3.05) is 13.7 Å². The van der Waals surface area contributed by atoms with Crippen molar-refractivity contribution >= 4 is 16.3 Å². The number of carbonyl (C=O) groups is 1. The van der Waals surface area contributed by atoms with E-state index in [1.54, 1.807) is 6.92 Å².